The number of aromatic nitrogens is 2. The van der Waals surface area contributed by atoms with Gasteiger partial charge < -0.3 is 5.32 Å². The Morgan fingerprint density at radius 3 is 2.62 bits per heavy atom. The van der Waals surface area contributed by atoms with E-state index in [4.69, 9.17) is 0 Å². The second kappa shape index (κ2) is 5.02. The van der Waals surface area contributed by atoms with Gasteiger partial charge >= 0.3 is 0 Å². The molecule has 1 heterocycles. The summed E-state index contributed by atoms with van der Waals surface area (Å²) in [5, 5.41) is 10.3. The van der Waals surface area contributed by atoms with E-state index in [1.54, 1.807) is 0 Å². The number of nitrogens with zero attached hydrogens (tertiary/aromatic N) is 1. The number of hydrogen-bond acceptors (Lipinski definition) is 2. The lowest BCUT2D eigenvalue weighted by Crippen LogP contribution is -2.30. The van der Waals surface area contributed by atoms with Crippen molar-refractivity contribution in [3.63, 3.8) is 0 Å². The molecule has 1 aromatic carbocycles. The van der Waals surface area contributed by atoms with Gasteiger partial charge in [0.2, 0.25) is 0 Å². The van der Waals surface area contributed by atoms with Crippen LogP contribution in [0, 0.1) is 5.92 Å². The number of rotatable bonds is 5. The highest BCUT2D eigenvalue weighted by Crippen LogP contribution is 2.41. The lowest BCUT2D eigenvalue weighted by molar-refractivity contribution is 0.0926. The van der Waals surface area contributed by atoms with Gasteiger partial charge in [-0.3, -0.25) is 9.89 Å². The van der Waals surface area contributed by atoms with Crippen LogP contribution in [0.2, 0.25) is 0 Å². The van der Waals surface area contributed by atoms with E-state index in [-0.39, 0.29) is 11.9 Å². The van der Waals surface area contributed by atoms with Crippen LogP contribution in [0.3, 0.4) is 0 Å². The lowest BCUT2D eigenvalue weighted by atomic mass is 10.0. The van der Waals surface area contributed by atoms with Crippen molar-refractivity contribution in [3.8, 4) is 0 Å². The number of aromatic amines is 1. The van der Waals surface area contributed by atoms with Gasteiger partial charge in [-0.15, -0.1) is 0 Å². The highest BCUT2D eigenvalue weighted by atomic mass is 16.2. The second-order valence-corrected chi connectivity index (χ2v) is 6.18. The molecule has 2 fully saturated rings. The molecule has 4 heteroatoms. The smallest absolute Gasteiger partial charge is 0.272 e. The molecule has 1 aromatic heterocycles. The third-order valence-corrected chi connectivity index (χ3v) is 4.39. The van der Waals surface area contributed by atoms with Crippen LogP contribution in [0.15, 0.2) is 36.4 Å². The third-order valence-electron chi connectivity index (χ3n) is 4.39. The zero-order valence-corrected chi connectivity index (χ0v) is 11.9. The molecular weight excluding hydrogens is 262 g/mol. The first-order valence-electron chi connectivity index (χ1n) is 7.72. The Kier molecular flexibility index (Phi) is 3.02. The molecule has 4 rings (SSSR count). The number of carbonyl (C=O) groups excluding carboxylic acids is 1. The maximum Gasteiger partial charge on any atom is 0.272 e. The van der Waals surface area contributed by atoms with Crippen molar-refractivity contribution in [3.05, 3.63) is 53.3 Å². The van der Waals surface area contributed by atoms with Crippen LogP contribution in [0.1, 0.15) is 59.4 Å². The average Bonchev–Trinajstić information content (AvgIpc) is 3.44. The summed E-state index contributed by atoms with van der Waals surface area (Å²) in [4.78, 5) is 12.4. The fourth-order valence-corrected chi connectivity index (χ4v) is 2.83. The van der Waals surface area contributed by atoms with Crippen LogP contribution in [-0.4, -0.2) is 16.1 Å². The highest BCUT2D eigenvalue weighted by Gasteiger charge is 2.34. The lowest BCUT2D eigenvalue weighted by Gasteiger charge is -2.18. The molecule has 2 N–H and O–H groups in total. The van der Waals surface area contributed by atoms with Crippen molar-refractivity contribution in [2.45, 2.75) is 37.6 Å². The predicted octanol–water partition coefficient (Wildman–Crippen LogP) is 3.17. The van der Waals surface area contributed by atoms with Gasteiger partial charge in [0.1, 0.15) is 5.69 Å². The molecule has 2 saturated carbocycles. The quantitative estimate of drug-likeness (QED) is 0.884. The molecule has 4 nitrogen and oxygen atoms in total. The first kappa shape index (κ1) is 12.6. The van der Waals surface area contributed by atoms with Crippen LogP contribution in [0.5, 0.6) is 0 Å². The Bertz CT molecular complexity index is 641. The molecule has 2 aliphatic carbocycles. The molecule has 1 amide bonds. The summed E-state index contributed by atoms with van der Waals surface area (Å²) in [6, 6.07) is 12.2. The Morgan fingerprint density at radius 1 is 1.19 bits per heavy atom. The molecule has 21 heavy (non-hydrogen) atoms. The summed E-state index contributed by atoms with van der Waals surface area (Å²) < 4.78 is 0. The summed E-state index contributed by atoms with van der Waals surface area (Å²) in [6.07, 6.45) is 4.79. The zero-order valence-electron chi connectivity index (χ0n) is 11.9. The molecule has 1 atom stereocenters. The monoisotopic (exact) mass is 281 g/mol. The van der Waals surface area contributed by atoms with Crippen molar-refractivity contribution in [2.75, 3.05) is 0 Å². The van der Waals surface area contributed by atoms with E-state index in [0.29, 0.717) is 17.5 Å². The van der Waals surface area contributed by atoms with E-state index < -0.39 is 0 Å². The summed E-state index contributed by atoms with van der Waals surface area (Å²) in [6.45, 7) is 0. The molecule has 2 aliphatic rings. The maximum absolute atomic E-state index is 12.4. The summed E-state index contributed by atoms with van der Waals surface area (Å²) in [7, 11) is 0. The Balaban J connectivity index is 1.50. The largest absolute Gasteiger partial charge is 0.344 e. The summed E-state index contributed by atoms with van der Waals surface area (Å²) in [5.74, 6) is 1.09. The summed E-state index contributed by atoms with van der Waals surface area (Å²) in [5.41, 5.74) is 2.80. The first-order valence-corrected chi connectivity index (χ1v) is 7.72. The van der Waals surface area contributed by atoms with Gasteiger partial charge in [-0.05, 0) is 43.2 Å². The minimum atomic E-state index is -0.0705. The van der Waals surface area contributed by atoms with Gasteiger partial charge in [-0.2, -0.15) is 5.10 Å². The van der Waals surface area contributed by atoms with Gasteiger partial charge in [-0.25, -0.2) is 0 Å². The van der Waals surface area contributed by atoms with Crippen LogP contribution in [0.4, 0.5) is 0 Å². The maximum atomic E-state index is 12.4. The third kappa shape index (κ3) is 2.71. The molecular formula is C17H19N3O. The molecule has 2 aromatic rings. The van der Waals surface area contributed by atoms with E-state index in [0.717, 1.165) is 5.69 Å². The van der Waals surface area contributed by atoms with Gasteiger partial charge in [0.25, 0.3) is 5.91 Å². The molecule has 0 saturated heterocycles. The number of carbonyl (C=O) groups is 1. The van der Waals surface area contributed by atoms with Crippen LogP contribution >= 0.6 is 0 Å². The van der Waals surface area contributed by atoms with Crippen molar-refractivity contribution >= 4 is 5.91 Å². The van der Waals surface area contributed by atoms with E-state index in [1.807, 2.05) is 24.3 Å². The van der Waals surface area contributed by atoms with Gasteiger partial charge in [-0.1, -0.05) is 30.3 Å². The number of hydrogen-bond donors (Lipinski definition) is 2. The minimum absolute atomic E-state index is 0.0705. The highest BCUT2D eigenvalue weighted by molar-refractivity contribution is 5.92. The van der Waals surface area contributed by atoms with Gasteiger partial charge in [0.15, 0.2) is 0 Å². The van der Waals surface area contributed by atoms with Gasteiger partial charge in [0.05, 0.1) is 6.04 Å². The molecule has 0 aliphatic heterocycles. The van der Waals surface area contributed by atoms with Gasteiger partial charge in [0, 0.05) is 11.6 Å². The second-order valence-electron chi connectivity index (χ2n) is 6.18. The number of H-pyrrole nitrogens is 1. The van der Waals surface area contributed by atoms with E-state index in [1.165, 1.54) is 31.2 Å². The number of amides is 1. The number of benzene rings is 1. The summed E-state index contributed by atoms with van der Waals surface area (Å²) >= 11 is 0. The van der Waals surface area contributed by atoms with Crippen molar-refractivity contribution in [2.24, 2.45) is 5.92 Å². The van der Waals surface area contributed by atoms with Crippen molar-refractivity contribution in [1.82, 2.24) is 15.5 Å². The molecule has 0 radical (unpaired) electrons. The zero-order chi connectivity index (χ0) is 14.2. The van der Waals surface area contributed by atoms with Crippen molar-refractivity contribution in [1.29, 1.82) is 0 Å². The molecule has 0 unspecified atom stereocenters. The van der Waals surface area contributed by atoms with E-state index in [2.05, 4.69) is 27.6 Å². The van der Waals surface area contributed by atoms with Crippen LogP contribution in [-0.2, 0) is 0 Å². The topological polar surface area (TPSA) is 57.8 Å². The van der Waals surface area contributed by atoms with Crippen LogP contribution in [0.25, 0.3) is 0 Å². The normalized spacial score (nSPS) is 19.2. The fourth-order valence-electron chi connectivity index (χ4n) is 2.83. The molecule has 108 valence electrons. The predicted molar refractivity (Wildman–Crippen MR) is 79.9 cm³/mol. The molecule has 0 spiro atoms. The minimum Gasteiger partial charge on any atom is -0.344 e. The Morgan fingerprint density at radius 2 is 1.95 bits per heavy atom. The Labute approximate surface area is 124 Å². The van der Waals surface area contributed by atoms with Crippen LogP contribution < -0.4 is 5.32 Å². The Hall–Kier alpha value is -2.10. The fraction of sp³-hybridized carbons (Fsp3) is 0.412. The average molecular weight is 281 g/mol. The van der Waals surface area contributed by atoms with Crippen molar-refractivity contribution < 1.29 is 4.79 Å². The van der Waals surface area contributed by atoms with E-state index in [9.17, 15) is 4.79 Å². The molecule has 0 bridgehead atoms. The SMILES string of the molecule is O=C(N[C@H](c1ccccc1)C1CC1)c1cc(C2CC2)[nH]n1. The first-order chi connectivity index (χ1) is 10.3. The van der Waals surface area contributed by atoms with E-state index >= 15 is 0 Å². The standard InChI is InChI=1S/C17H19N3O/c21-17(15-10-14(19-20-15)11-6-7-11)18-16(13-8-9-13)12-4-2-1-3-5-12/h1-5,10-11,13,16H,6-9H2,(H,18,21)(H,19,20)/t16-/m1/s1. The number of nitrogens with one attached hydrogen (secondary N) is 2.